The van der Waals surface area contributed by atoms with E-state index in [4.69, 9.17) is 23.7 Å². The van der Waals surface area contributed by atoms with Gasteiger partial charge < -0.3 is 39.0 Å². The van der Waals surface area contributed by atoms with Crippen LogP contribution in [0.15, 0.2) is 11.6 Å². The van der Waals surface area contributed by atoms with Crippen LogP contribution in [0.4, 0.5) is 0 Å². The normalized spacial score (nSPS) is 58.0. The van der Waals surface area contributed by atoms with E-state index in [0.29, 0.717) is 18.4 Å². The van der Waals surface area contributed by atoms with E-state index in [2.05, 4.69) is 13.8 Å². The lowest BCUT2D eigenvalue weighted by Crippen LogP contribution is -2.65. The van der Waals surface area contributed by atoms with E-state index in [9.17, 15) is 20.1 Å². The number of fused-ring (bicyclic) bond motifs is 8. The van der Waals surface area contributed by atoms with Crippen molar-refractivity contribution in [1.82, 2.24) is 0 Å². The van der Waals surface area contributed by atoms with Gasteiger partial charge in [-0.1, -0.05) is 13.8 Å². The Morgan fingerprint density at radius 2 is 1.85 bits per heavy atom. The Bertz CT molecular complexity index is 1050. The number of methoxy groups -OCH3 is 1. The largest absolute Gasteiger partial charge is 0.458 e. The van der Waals surface area contributed by atoms with Crippen molar-refractivity contribution in [2.45, 2.75) is 120 Å². The molecule has 0 aromatic rings. The Morgan fingerprint density at radius 1 is 1.05 bits per heavy atom. The van der Waals surface area contributed by atoms with Crippen molar-refractivity contribution >= 4 is 5.97 Å². The van der Waals surface area contributed by atoms with E-state index in [1.807, 2.05) is 0 Å². The van der Waals surface area contributed by atoms with Crippen LogP contribution < -0.4 is 0 Å². The Kier molecular flexibility index (Phi) is 6.16. The smallest absolute Gasteiger partial charge is 0.331 e. The molecule has 3 aliphatic heterocycles. The Balaban J connectivity index is 1.09. The van der Waals surface area contributed by atoms with Gasteiger partial charge in [0.2, 0.25) is 0 Å². The maximum atomic E-state index is 12.5. The zero-order valence-electron chi connectivity index (χ0n) is 23.5. The van der Waals surface area contributed by atoms with Crippen LogP contribution >= 0.6 is 0 Å². The summed E-state index contributed by atoms with van der Waals surface area (Å²) in [7, 11) is 1.48. The molecule has 3 heterocycles. The van der Waals surface area contributed by atoms with Crippen molar-refractivity contribution in [3.05, 3.63) is 11.6 Å². The van der Waals surface area contributed by atoms with Gasteiger partial charge in [0, 0.05) is 18.6 Å². The summed E-state index contributed by atoms with van der Waals surface area (Å²) < 4.78 is 29.4. The molecule has 0 aromatic carbocycles. The van der Waals surface area contributed by atoms with E-state index < -0.39 is 41.7 Å². The van der Waals surface area contributed by atoms with Crippen molar-refractivity contribution in [2.24, 2.45) is 34.5 Å². The molecule has 0 unspecified atom stereocenters. The van der Waals surface area contributed by atoms with Crippen LogP contribution in [-0.4, -0.2) is 89.6 Å². The average molecular weight is 549 g/mol. The number of epoxide rings is 1. The highest BCUT2D eigenvalue weighted by Gasteiger charge is 2.79. The number of carbonyl (C=O) groups is 1. The highest BCUT2D eigenvalue weighted by atomic mass is 16.7. The van der Waals surface area contributed by atoms with Gasteiger partial charge in [0.05, 0.1) is 30.0 Å². The van der Waals surface area contributed by atoms with Gasteiger partial charge in [-0.25, -0.2) is 4.79 Å². The highest BCUT2D eigenvalue weighted by molar-refractivity contribution is 5.85. The number of aliphatic hydroxyl groups is 3. The second-order valence-corrected chi connectivity index (χ2v) is 14.0. The van der Waals surface area contributed by atoms with Crippen LogP contribution in [0.1, 0.15) is 65.7 Å². The van der Waals surface area contributed by atoms with Crippen molar-refractivity contribution in [2.75, 3.05) is 13.7 Å². The maximum Gasteiger partial charge on any atom is 0.331 e. The van der Waals surface area contributed by atoms with Crippen molar-refractivity contribution in [3.8, 4) is 0 Å². The third-order valence-corrected chi connectivity index (χ3v) is 12.6. The molecule has 4 saturated carbocycles. The molecule has 0 amide bonds. The van der Waals surface area contributed by atoms with Crippen LogP contribution in [0.5, 0.6) is 0 Å². The second kappa shape index (κ2) is 8.96. The molecule has 218 valence electrons. The molecular formula is C30H44O9. The van der Waals surface area contributed by atoms with E-state index in [1.165, 1.54) is 7.11 Å². The van der Waals surface area contributed by atoms with Crippen molar-refractivity contribution < 1.29 is 43.8 Å². The highest BCUT2D eigenvalue weighted by Crippen LogP contribution is 2.74. The van der Waals surface area contributed by atoms with Gasteiger partial charge in [-0.2, -0.15) is 0 Å². The van der Waals surface area contributed by atoms with Gasteiger partial charge in [0.25, 0.3) is 0 Å². The average Bonchev–Trinajstić information content (AvgIpc) is 3.51. The molecule has 3 N–H and O–H groups in total. The zero-order valence-corrected chi connectivity index (χ0v) is 23.5. The van der Waals surface area contributed by atoms with Gasteiger partial charge >= 0.3 is 5.97 Å². The maximum absolute atomic E-state index is 12.5. The molecular weight excluding hydrogens is 504 g/mol. The quantitative estimate of drug-likeness (QED) is 0.275. The molecule has 7 aliphatic rings. The first kappa shape index (κ1) is 26.8. The van der Waals surface area contributed by atoms with Crippen molar-refractivity contribution in [3.63, 3.8) is 0 Å². The van der Waals surface area contributed by atoms with Crippen LogP contribution in [-0.2, 0) is 28.5 Å². The fourth-order valence-corrected chi connectivity index (χ4v) is 10.4. The number of esters is 1. The Labute approximate surface area is 230 Å². The van der Waals surface area contributed by atoms with Gasteiger partial charge in [-0.05, 0) is 86.5 Å². The van der Waals surface area contributed by atoms with Crippen LogP contribution in [0.3, 0.4) is 0 Å². The summed E-state index contributed by atoms with van der Waals surface area (Å²) in [6.45, 7) is 6.71. The summed E-state index contributed by atoms with van der Waals surface area (Å²) >= 11 is 0. The summed E-state index contributed by atoms with van der Waals surface area (Å²) in [6.07, 6.45) is 3.98. The minimum Gasteiger partial charge on any atom is -0.458 e. The number of aliphatic hydroxyl groups excluding tert-OH is 2. The molecule has 7 rings (SSSR count). The number of carbonyl (C=O) groups excluding carboxylic acids is 1. The number of cyclic esters (lactones) is 1. The first-order chi connectivity index (χ1) is 18.5. The fourth-order valence-electron chi connectivity index (χ4n) is 10.4. The number of rotatable bonds is 4. The molecule has 39 heavy (non-hydrogen) atoms. The van der Waals surface area contributed by atoms with Crippen LogP contribution in [0, 0.1) is 34.5 Å². The molecule has 2 saturated heterocycles. The minimum absolute atomic E-state index is 0.00192. The lowest BCUT2D eigenvalue weighted by Gasteiger charge is -2.62. The predicted octanol–water partition coefficient (Wildman–Crippen LogP) is 2.10. The SMILES string of the molecule is CO[C@H]1[C@H](O)[C@@H](O[C@@H]2CC[C@@]3(C)[C@H](CC[C@@H]4[C@@H]3[C@@H]3O[C@@H]3[C@]3(C)[C@H](C5=CC(=O)OC5)CC[C@]43O)C2)O[C@@H](C)[C@@H]1O. The van der Waals surface area contributed by atoms with Crippen LogP contribution in [0.25, 0.3) is 0 Å². The minimum atomic E-state index is -1.05. The van der Waals surface area contributed by atoms with Gasteiger partial charge in [-0.3, -0.25) is 0 Å². The molecule has 0 spiro atoms. The Morgan fingerprint density at radius 3 is 2.56 bits per heavy atom. The predicted molar refractivity (Wildman–Crippen MR) is 137 cm³/mol. The lowest BCUT2D eigenvalue weighted by atomic mass is 9.43. The molecule has 9 heteroatoms. The second-order valence-electron chi connectivity index (χ2n) is 14.0. The molecule has 15 atom stereocenters. The third kappa shape index (κ3) is 3.60. The number of hydrogen-bond acceptors (Lipinski definition) is 9. The summed E-state index contributed by atoms with van der Waals surface area (Å²) in [4.78, 5) is 11.9. The van der Waals surface area contributed by atoms with E-state index in [0.717, 1.165) is 50.5 Å². The number of ether oxygens (including phenoxy) is 5. The zero-order chi connectivity index (χ0) is 27.5. The topological polar surface area (TPSA) is 127 Å². The van der Waals surface area contributed by atoms with Crippen LogP contribution in [0.2, 0.25) is 0 Å². The number of hydrogen-bond donors (Lipinski definition) is 3. The molecule has 9 nitrogen and oxygen atoms in total. The first-order valence-corrected chi connectivity index (χ1v) is 15.0. The monoisotopic (exact) mass is 548 g/mol. The Hall–Kier alpha value is -1.07. The summed E-state index contributed by atoms with van der Waals surface area (Å²) in [6, 6.07) is 0. The fraction of sp³-hybridized carbons (Fsp3) is 0.900. The molecule has 6 fully saturated rings. The third-order valence-electron chi connectivity index (χ3n) is 12.6. The lowest BCUT2D eigenvalue weighted by molar-refractivity contribution is -0.313. The van der Waals surface area contributed by atoms with E-state index in [-0.39, 0.29) is 41.5 Å². The van der Waals surface area contributed by atoms with Crippen molar-refractivity contribution in [1.29, 1.82) is 0 Å². The van der Waals surface area contributed by atoms with Gasteiger partial charge in [0.15, 0.2) is 6.29 Å². The van der Waals surface area contributed by atoms with E-state index in [1.54, 1.807) is 13.0 Å². The summed E-state index contributed by atoms with van der Waals surface area (Å²) in [5.74, 6) is 0.727. The molecule has 0 radical (unpaired) electrons. The van der Waals surface area contributed by atoms with Gasteiger partial charge in [0.1, 0.15) is 24.9 Å². The standard InChI is InChI=1S/C30H44O9/c1-14-22(32)25(35-4)23(33)27(37-14)38-17-7-9-28(2)16(12-17)5-6-19-21(28)24-26(39-24)29(3)18(8-10-30(19,29)34)15-11-20(31)36-13-15/h11,14,16-19,21-27,32-34H,5-10,12-13H2,1-4H3/t14-,16+,17+,18-,19+,21+,22-,23-,24-,25+,26-,27+,28-,29-,30-/m0/s1. The molecule has 4 aliphatic carbocycles. The molecule has 0 bridgehead atoms. The first-order valence-electron chi connectivity index (χ1n) is 15.0. The molecule has 0 aromatic heterocycles. The summed E-state index contributed by atoms with van der Waals surface area (Å²) in [5.41, 5.74) is -0.169. The van der Waals surface area contributed by atoms with E-state index >= 15 is 0 Å². The van der Waals surface area contributed by atoms with Gasteiger partial charge in [-0.15, -0.1) is 0 Å². The summed E-state index contributed by atoms with van der Waals surface area (Å²) in [5, 5.41) is 33.6.